The zero-order valence-corrected chi connectivity index (χ0v) is 9.29. The van der Waals surface area contributed by atoms with Gasteiger partial charge in [0.2, 0.25) is 0 Å². The minimum Gasteiger partial charge on any atom is -0.389 e. The lowest BCUT2D eigenvalue weighted by atomic mass is 10.2. The Morgan fingerprint density at radius 3 is 2.71 bits per heavy atom. The van der Waals surface area contributed by atoms with Crippen LogP contribution < -0.4 is 5.48 Å². The first kappa shape index (κ1) is 13.8. The maximum atomic E-state index is 9.32. The van der Waals surface area contributed by atoms with Crippen LogP contribution in [0.15, 0.2) is 0 Å². The number of rotatable bonds is 10. The molecule has 0 saturated carbocycles. The predicted octanol–water partition coefficient (Wildman–Crippen LogP) is 1.10. The van der Waals surface area contributed by atoms with E-state index in [4.69, 9.17) is 4.74 Å². The molecule has 2 N–H and O–H groups in total. The van der Waals surface area contributed by atoms with E-state index in [0.717, 1.165) is 13.0 Å². The van der Waals surface area contributed by atoms with Gasteiger partial charge in [0.1, 0.15) is 0 Å². The lowest BCUT2D eigenvalue weighted by molar-refractivity contribution is 0.00142. The summed E-state index contributed by atoms with van der Waals surface area (Å²) in [4.78, 5) is 4.61. The molecule has 1 atom stereocenters. The van der Waals surface area contributed by atoms with E-state index in [1.807, 2.05) is 0 Å². The number of aliphatic hydroxyl groups is 1. The van der Waals surface area contributed by atoms with Crippen molar-refractivity contribution >= 4 is 0 Å². The van der Waals surface area contributed by atoms with Gasteiger partial charge in [0.05, 0.1) is 19.8 Å². The highest BCUT2D eigenvalue weighted by Crippen LogP contribution is 1.99. The summed E-state index contributed by atoms with van der Waals surface area (Å²) >= 11 is 0. The molecule has 0 aromatic heterocycles. The van der Waals surface area contributed by atoms with E-state index >= 15 is 0 Å². The third-order valence-corrected chi connectivity index (χ3v) is 1.92. The van der Waals surface area contributed by atoms with Crippen molar-refractivity contribution in [3.05, 3.63) is 0 Å². The molecule has 0 rings (SSSR count). The molecule has 0 amide bonds. The molecule has 0 radical (unpaired) electrons. The van der Waals surface area contributed by atoms with Gasteiger partial charge in [0.25, 0.3) is 0 Å². The van der Waals surface area contributed by atoms with Crippen LogP contribution in [0.3, 0.4) is 0 Å². The topological polar surface area (TPSA) is 50.7 Å². The number of nitrogens with one attached hydrogen (secondary N) is 1. The minimum atomic E-state index is -0.485. The highest BCUT2D eigenvalue weighted by Gasteiger charge is 2.02. The van der Waals surface area contributed by atoms with E-state index in [0.29, 0.717) is 13.2 Å². The lowest BCUT2D eigenvalue weighted by Crippen LogP contribution is -2.29. The third kappa shape index (κ3) is 9.92. The molecule has 0 aliphatic carbocycles. The molecule has 0 fully saturated rings. The summed E-state index contributed by atoms with van der Waals surface area (Å²) in [6.45, 7) is 3.71. The average Bonchev–Trinajstić information content (AvgIpc) is 2.20. The first-order valence-corrected chi connectivity index (χ1v) is 5.33. The molecular formula is C10H23NO3. The molecule has 4 nitrogen and oxygen atoms in total. The monoisotopic (exact) mass is 205 g/mol. The maximum absolute atomic E-state index is 9.32. The van der Waals surface area contributed by atoms with Crippen molar-refractivity contribution in [2.24, 2.45) is 0 Å². The van der Waals surface area contributed by atoms with Gasteiger partial charge in [-0.15, -0.1) is 0 Å². The van der Waals surface area contributed by atoms with Crippen molar-refractivity contribution < 1.29 is 14.7 Å². The van der Waals surface area contributed by atoms with E-state index in [1.165, 1.54) is 26.4 Å². The Kier molecular flexibility index (Phi) is 10.8. The Morgan fingerprint density at radius 1 is 1.29 bits per heavy atom. The van der Waals surface area contributed by atoms with Gasteiger partial charge in [-0.3, -0.25) is 0 Å². The van der Waals surface area contributed by atoms with Crippen LogP contribution in [-0.4, -0.2) is 38.1 Å². The highest BCUT2D eigenvalue weighted by molar-refractivity contribution is 4.53. The molecule has 0 aromatic rings. The number of hydroxylamine groups is 1. The summed E-state index contributed by atoms with van der Waals surface area (Å²) < 4.78 is 5.29. The number of hydrogen-bond donors (Lipinski definition) is 2. The molecule has 0 saturated heterocycles. The zero-order chi connectivity index (χ0) is 10.6. The van der Waals surface area contributed by atoms with Crippen LogP contribution in [-0.2, 0) is 9.57 Å². The van der Waals surface area contributed by atoms with E-state index in [2.05, 4.69) is 17.2 Å². The summed E-state index contributed by atoms with van der Waals surface area (Å²) in [5.41, 5.74) is 2.58. The van der Waals surface area contributed by atoms with Crippen LogP contribution in [0.5, 0.6) is 0 Å². The molecule has 0 spiro atoms. The second-order valence-electron chi connectivity index (χ2n) is 3.34. The van der Waals surface area contributed by atoms with Gasteiger partial charge in [-0.05, 0) is 6.42 Å². The number of aliphatic hydroxyl groups excluding tert-OH is 1. The van der Waals surface area contributed by atoms with Crippen molar-refractivity contribution in [3.8, 4) is 0 Å². The molecule has 14 heavy (non-hydrogen) atoms. The molecular weight excluding hydrogens is 182 g/mol. The smallest absolute Gasteiger partial charge is 0.0920 e. The van der Waals surface area contributed by atoms with Crippen molar-refractivity contribution in [3.63, 3.8) is 0 Å². The zero-order valence-electron chi connectivity index (χ0n) is 9.29. The van der Waals surface area contributed by atoms with Gasteiger partial charge in [-0.25, -0.2) is 5.48 Å². The maximum Gasteiger partial charge on any atom is 0.0920 e. The van der Waals surface area contributed by atoms with Crippen LogP contribution in [0.2, 0.25) is 0 Å². The van der Waals surface area contributed by atoms with Gasteiger partial charge in [0.15, 0.2) is 0 Å². The fourth-order valence-corrected chi connectivity index (χ4v) is 1.09. The fourth-order valence-electron chi connectivity index (χ4n) is 1.09. The molecule has 1 unspecified atom stereocenters. The first-order valence-electron chi connectivity index (χ1n) is 5.33. The van der Waals surface area contributed by atoms with Gasteiger partial charge >= 0.3 is 0 Å². The van der Waals surface area contributed by atoms with Gasteiger partial charge in [-0.1, -0.05) is 26.2 Å². The van der Waals surface area contributed by atoms with Crippen LogP contribution in [0.25, 0.3) is 0 Å². The Balaban J connectivity index is 3.02. The lowest BCUT2D eigenvalue weighted by Gasteiger charge is -2.10. The second kappa shape index (κ2) is 10.9. The Bertz CT molecular complexity index is 112. The van der Waals surface area contributed by atoms with Gasteiger partial charge in [-0.2, -0.15) is 0 Å². The molecule has 0 bridgehead atoms. The van der Waals surface area contributed by atoms with Crippen LogP contribution in [0, 0.1) is 0 Å². The highest BCUT2D eigenvalue weighted by atomic mass is 16.6. The number of ether oxygens (including phenoxy) is 1. The summed E-state index contributed by atoms with van der Waals surface area (Å²) in [6, 6.07) is 0. The van der Waals surface area contributed by atoms with Crippen LogP contribution in [0.4, 0.5) is 0 Å². The summed E-state index contributed by atoms with van der Waals surface area (Å²) in [5.74, 6) is 0. The van der Waals surface area contributed by atoms with E-state index in [1.54, 1.807) is 0 Å². The standard InChI is InChI=1S/C10H23NO3/c1-3-4-5-6-7-14-9-10(12)8-11-13-2/h10-12H,3-9H2,1-2H3. The SMILES string of the molecule is CCCCCCOCC(O)CNOC. The molecule has 0 heterocycles. The van der Waals surface area contributed by atoms with Gasteiger partial charge < -0.3 is 14.7 Å². The molecule has 0 aliphatic rings. The molecule has 86 valence electrons. The number of unbranched alkanes of at least 4 members (excludes halogenated alkanes) is 3. The quantitative estimate of drug-likeness (QED) is 0.414. The minimum absolute atomic E-state index is 0.377. The third-order valence-electron chi connectivity index (χ3n) is 1.92. The summed E-state index contributed by atoms with van der Waals surface area (Å²) in [6.07, 6.45) is 4.31. The van der Waals surface area contributed by atoms with Crippen molar-refractivity contribution in [1.29, 1.82) is 0 Å². The molecule has 0 aliphatic heterocycles. The Hall–Kier alpha value is -0.160. The van der Waals surface area contributed by atoms with E-state index in [9.17, 15) is 5.11 Å². The summed E-state index contributed by atoms with van der Waals surface area (Å²) in [7, 11) is 1.53. The fraction of sp³-hybridized carbons (Fsp3) is 1.00. The van der Waals surface area contributed by atoms with Crippen molar-refractivity contribution in [2.45, 2.75) is 38.7 Å². The van der Waals surface area contributed by atoms with Crippen molar-refractivity contribution in [2.75, 3.05) is 26.9 Å². The normalized spacial score (nSPS) is 13.1. The molecule has 4 heteroatoms. The van der Waals surface area contributed by atoms with E-state index < -0.39 is 6.10 Å². The van der Waals surface area contributed by atoms with E-state index in [-0.39, 0.29) is 0 Å². The number of hydrogen-bond acceptors (Lipinski definition) is 4. The van der Waals surface area contributed by atoms with Crippen molar-refractivity contribution in [1.82, 2.24) is 5.48 Å². The second-order valence-corrected chi connectivity index (χ2v) is 3.34. The summed E-state index contributed by atoms with van der Waals surface area (Å²) in [5, 5.41) is 9.32. The first-order chi connectivity index (χ1) is 6.81. The largest absolute Gasteiger partial charge is 0.389 e. The Labute approximate surface area is 86.5 Å². The van der Waals surface area contributed by atoms with Gasteiger partial charge in [0, 0.05) is 13.2 Å². The van der Waals surface area contributed by atoms with Crippen LogP contribution >= 0.6 is 0 Å². The predicted molar refractivity (Wildman–Crippen MR) is 56.0 cm³/mol. The Morgan fingerprint density at radius 2 is 2.07 bits per heavy atom. The average molecular weight is 205 g/mol. The van der Waals surface area contributed by atoms with Crippen LogP contribution in [0.1, 0.15) is 32.6 Å². The molecule has 0 aromatic carbocycles.